The van der Waals surface area contributed by atoms with Crippen LogP contribution in [-0.2, 0) is 6.42 Å². The van der Waals surface area contributed by atoms with Gasteiger partial charge in [-0.05, 0) is 60.4 Å². The van der Waals surface area contributed by atoms with Crippen molar-refractivity contribution in [2.75, 3.05) is 30.4 Å². The summed E-state index contributed by atoms with van der Waals surface area (Å²) in [5, 5.41) is 12.5. The van der Waals surface area contributed by atoms with E-state index in [4.69, 9.17) is 5.11 Å². The fourth-order valence-electron chi connectivity index (χ4n) is 3.02. The summed E-state index contributed by atoms with van der Waals surface area (Å²) >= 11 is 0. The average molecular weight is 300 g/mol. The van der Waals surface area contributed by atoms with Gasteiger partial charge in [0.05, 0.1) is 12.6 Å². The Morgan fingerprint density at radius 1 is 1.23 bits per heavy atom. The maximum Gasteiger partial charge on any atom is 0.123 e. The SMILES string of the molecule is CN(CCO)c1ccc(NC2CCc3ccc(F)cc32)cc1. The highest BCUT2D eigenvalue weighted by molar-refractivity contribution is 5.56. The second-order valence-corrected chi connectivity index (χ2v) is 5.77. The fourth-order valence-corrected chi connectivity index (χ4v) is 3.02. The van der Waals surface area contributed by atoms with Crippen molar-refractivity contribution in [1.29, 1.82) is 0 Å². The van der Waals surface area contributed by atoms with Gasteiger partial charge >= 0.3 is 0 Å². The summed E-state index contributed by atoms with van der Waals surface area (Å²) in [4.78, 5) is 2.00. The molecule has 0 heterocycles. The number of aliphatic hydroxyl groups is 1. The van der Waals surface area contributed by atoms with E-state index in [0.717, 1.165) is 29.8 Å². The number of hydrogen-bond acceptors (Lipinski definition) is 3. The average Bonchev–Trinajstić information content (AvgIpc) is 2.90. The summed E-state index contributed by atoms with van der Waals surface area (Å²) in [7, 11) is 1.95. The molecule has 2 aromatic carbocycles. The second-order valence-electron chi connectivity index (χ2n) is 5.77. The zero-order valence-corrected chi connectivity index (χ0v) is 12.7. The number of aliphatic hydroxyl groups excluding tert-OH is 1. The highest BCUT2D eigenvalue weighted by Crippen LogP contribution is 2.34. The molecule has 1 aliphatic rings. The van der Waals surface area contributed by atoms with E-state index in [1.54, 1.807) is 6.07 Å². The van der Waals surface area contributed by atoms with Crippen LogP contribution in [0.4, 0.5) is 15.8 Å². The Labute approximate surface area is 130 Å². The summed E-state index contributed by atoms with van der Waals surface area (Å²) in [6.07, 6.45) is 1.98. The standard InChI is InChI=1S/C18H21FN2O/c1-21(10-11-22)16-7-5-15(6-8-16)20-18-9-3-13-2-4-14(19)12-17(13)18/h2,4-8,12,18,20,22H,3,9-11H2,1H3. The van der Waals surface area contributed by atoms with Gasteiger partial charge in [-0.1, -0.05) is 6.07 Å². The lowest BCUT2D eigenvalue weighted by Gasteiger charge is -2.20. The third-order valence-electron chi connectivity index (χ3n) is 4.27. The van der Waals surface area contributed by atoms with Crippen LogP contribution in [0.25, 0.3) is 0 Å². The summed E-state index contributed by atoms with van der Waals surface area (Å²) in [6.45, 7) is 0.753. The van der Waals surface area contributed by atoms with E-state index in [2.05, 4.69) is 5.32 Å². The molecule has 0 bridgehead atoms. The highest BCUT2D eigenvalue weighted by Gasteiger charge is 2.22. The maximum atomic E-state index is 13.4. The smallest absolute Gasteiger partial charge is 0.123 e. The Balaban J connectivity index is 1.71. The molecule has 0 spiro atoms. The van der Waals surface area contributed by atoms with Gasteiger partial charge in [-0.3, -0.25) is 0 Å². The summed E-state index contributed by atoms with van der Waals surface area (Å²) in [5.74, 6) is -0.173. The third-order valence-corrected chi connectivity index (χ3v) is 4.27. The number of fused-ring (bicyclic) bond motifs is 1. The van der Waals surface area contributed by atoms with Gasteiger partial charge in [0, 0.05) is 25.0 Å². The molecule has 1 unspecified atom stereocenters. The van der Waals surface area contributed by atoms with Crippen LogP contribution in [-0.4, -0.2) is 25.3 Å². The number of likely N-dealkylation sites (N-methyl/N-ethyl adjacent to an activating group) is 1. The van der Waals surface area contributed by atoms with Crippen LogP contribution >= 0.6 is 0 Å². The number of benzene rings is 2. The lowest BCUT2D eigenvalue weighted by atomic mass is 10.1. The predicted octanol–water partition coefficient (Wildman–Crippen LogP) is 3.35. The molecule has 0 saturated carbocycles. The molecule has 0 aliphatic heterocycles. The van der Waals surface area contributed by atoms with Crippen molar-refractivity contribution in [3.05, 3.63) is 59.4 Å². The van der Waals surface area contributed by atoms with Crippen molar-refractivity contribution in [2.24, 2.45) is 0 Å². The molecular formula is C18H21FN2O. The van der Waals surface area contributed by atoms with Crippen LogP contribution in [0.1, 0.15) is 23.6 Å². The summed E-state index contributed by atoms with van der Waals surface area (Å²) in [5.41, 5.74) is 4.40. The molecule has 4 heteroatoms. The van der Waals surface area contributed by atoms with Gasteiger partial charge in [0.15, 0.2) is 0 Å². The van der Waals surface area contributed by atoms with Crippen LogP contribution in [0.3, 0.4) is 0 Å². The maximum absolute atomic E-state index is 13.4. The number of nitrogens with zero attached hydrogens (tertiary/aromatic N) is 1. The van der Waals surface area contributed by atoms with Gasteiger partial charge in [-0.25, -0.2) is 4.39 Å². The number of rotatable bonds is 5. The Kier molecular flexibility index (Phi) is 4.29. The molecule has 0 saturated heterocycles. The molecular weight excluding hydrogens is 279 g/mol. The normalized spacial score (nSPS) is 16.4. The number of halogens is 1. The Bertz CT molecular complexity index is 642. The molecule has 22 heavy (non-hydrogen) atoms. The Morgan fingerprint density at radius 3 is 2.73 bits per heavy atom. The first kappa shape index (κ1) is 14.9. The van der Waals surface area contributed by atoms with Crippen LogP contribution in [0.15, 0.2) is 42.5 Å². The monoisotopic (exact) mass is 300 g/mol. The van der Waals surface area contributed by atoms with Crippen LogP contribution in [0.2, 0.25) is 0 Å². The van der Waals surface area contributed by atoms with Crippen molar-refractivity contribution in [2.45, 2.75) is 18.9 Å². The molecule has 0 amide bonds. The van der Waals surface area contributed by atoms with E-state index in [1.807, 2.05) is 42.3 Å². The van der Waals surface area contributed by atoms with Gasteiger partial charge in [-0.2, -0.15) is 0 Å². The Morgan fingerprint density at radius 2 is 2.00 bits per heavy atom. The van der Waals surface area contributed by atoms with E-state index < -0.39 is 0 Å². The number of aryl methyl sites for hydroxylation is 1. The predicted molar refractivity (Wildman–Crippen MR) is 87.9 cm³/mol. The molecule has 0 fully saturated rings. The zero-order valence-electron chi connectivity index (χ0n) is 12.7. The molecule has 3 nitrogen and oxygen atoms in total. The number of hydrogen-bond donors (Lipinski definition) is 2. The van der Waals surface area contributed by atoms with E-state index in [-0.39, 0.29) is 18.5 Å². The fraction of sp³-hybridized carbons (Fsp3) is 0.333. The van der Waals surface area contributed by atoms with Crippen molar-refractivity contribution in [3.63, 3.8) is 0 Å². The molecule has 2 aromatic rings. The van der Waals surface area contributed by atoms with Crippen molar-refractivity contribution < 1.29 is 9.50 Å². The highest BCUT2D eigenvalue weighted by atomic mass is 19.1. The molecule has 0 radical (unpaired) electrons. The third kappa shape index (κ3) is 3.07. The molecule has 1 atom stereocenters. The minimum absolute atomic E-state index is 0.140. The van der Waals surface area contributed by atoms with E-state index in [0.29, 0.717) is 6.54 Å². The topological polar surface area (TPSA) is 35.5 Å². The minimum atomic E-state index is -0.173. The van der Waals surface area contributed by atoms with Crippen LogP contribution in [0, 0.1) is 5.82 Å². The first-order chi connectivity index (χ1) is 10.7. The summed E-state index contributed by atoms with van der Waals surface area (Å²) in [6, 6.07) is 13.3. The van der Waals surface area contributed by atoms with Gasteiger partial charge in [0.2, 0.25) is 0 Å². The minimum Gasteiger partial charge on any atom is -0.395 e. The van der Waals surface area contributed by atoms with E-state index in [1.165, 1.54) is 11.6 Å². The lowest BCUT2D eigenvalue weighted by Crippen LogP contribution is -2.20. The number of nitrogens with one attached hydrogen (secondary N) is 1. The van der Waals surface area contributed by atoms with Crippen LogP contribution < -0.4 is 10.2 Å². The van der Waals surface area contributed by atoms with Crippen molar-refractivity contribution in [1.82, 2.24) is 0 Å². The van der Waals surface area contributed by atoms with Crippen LogP contribution in [0.5, 0.6) is 0 Å². The van der Waals surface area contributed by atoms with Gasteiger partial charge in [-0.15, -0.1) is 0 Å². The number of anilines is 2. The van der Waals surface area contributed by atoms with E-state index >= 15 is 0 Å². The van der Waals surface area contributed by atoms with Crippen molar-refractivity contribution >= 4 is 11.4 Å². The summed E-state index contributed by atoms with van der Waals surface area (Å²) < 4.78 is 13.4. The first-order valence-corrected chi connectivity index (χ1v) is 7.64. The molecule has 2 N–H and O–H groups in total. The van der Waals surface area contributed by atoms with E-state index in [9.17, 15) is 4.39 Å². The van der Waals surface area contributed by atoms with Gasteiger partial charge < -0.3 is 15.3 Å². The molecule has 0 aromatic heterocycles. The Hall–Kier alpha value is -2.07. The largest absolute Gasteiger partial charge is 0.395 e. The first-order valence-electron chi connectivity index (χ1n) is 7.64. The molecule has 3 rings (SSSR count). The molecule has 1 aliphatic carbocycles. The molecule has 116 valence electrons. The van der Waals surface area contributed by atoms with Gasteiger partial charge in [0.1, 0.15) is 5.82 Å². The lowest BCUT2D eigenvalue weighted by molar-refractivity contribution is 0.304. The van der Waals surface area contributed by atoms with Crippen molar-refractivity contribution in [3.8, 4) is 0 Å². The zero-order chi connectivity index (χ0) is 15.5. The van der Waals surface area contributed by atoms with Gasteiger partial charge in [0.25, 0.3) is 0 Å². The second kappa shape index (κ2) is 6.36. The quantitative estimate of drug-likeness (QED) is 0.889.